The number of fused-ring (bicyclic) bond motifs is 1. The molecule has 2 nitrogen and oxygen atoms in total. The van der Waals surface area contributed by atoms with E-state index in [1.165, 1.54) is 0 Å². The second kappa shape index (κ2) is 3.29. The molecule has 2 aromatic rings. The van der Waals surface area contributed by atoms with Gasteiger partial charge in [-0.15, -0.1) is 0 Å². The number of hydrogen-bond acceptors (Lipinski definition) is 1. The average molecular weight is 187 g/mol. The fourth-order valence-electron chi connectivity index (χ4n) is 1.66. The predicted molar refractivity (Wildman–Crippen MR) is 57.5 cm³/mol. The second-order valence-electron chi connectivity index (χ2n) is 3.48. The predicted octanol–water partition coefficient (Wildman–Crippen LogP) is 2.77. The van der Waals surface area contributed by atoms with Crippen molar-refractivity contribution >= 4 is 16.7 Å². The number of ketones is 1. The Morgan fingerprint density at radius 2 is 2.14 bits per heavy atom. The van der Waals surface area contributed by atoms with Crippen LogP contribution in [-0.4, -0.2) is 10.4 Å². The maximum Gasteiger partial charge on any atom is 0.162 e. The molecule has 72 valence electrons. The van der Waals surface area contributed by atoms with Crippen molar-refractivity contribution in [3.63, 3.8) is 0 Å². The highest BCUT2D eigenvalue weighted by Gasteiger charge is 2.04. The fourth-order valence-corrected chi connectivity index (χ4v) is 1.66. The molecule has 2 rings (SSSR count). The van der Waals surface area contributed by atoms with Gasteiger partial charge in [-0.2, -0.15) is 0 Å². The highest BCUT2D eigenvalue weighted by molar-refractivity contribution is 5.99. The molecule has 0 aliphatic carbocycles. The van der Waals surface area contributed by atoms with E-state index >= 15 is 0 Å². The summed E-state index contributed by atoms with van der Waals surface area (Å²) in [7, 11) is 2.00. The normalized spacial score (nSPS) is 10.7. The summed E-state index contributed by atoms with van der Waals surface area (Å²) >= 11 is 0. The Morgan fingerprint density at radius 1 is 1.36 bits per heavy atom. The van der Waals surface area contributed by atoms with Crippen LogP contribution in [0.1, 0.15) is 23.7 Å². The van der Waals surface area contributed by atoms with Crippen molar-refractivity contribution in [2.45, 2.75) is 13.3 Å². The lowest BCUT2D eigenvalue weighted by Gasteiger charge is -1.99. The average Bonchev–Trinajstić information content (AvgIpc) is 2.59. The van der Waals surface area contributed by atoms with Gasteiger partial charge in [-0.25, -0.2) is 0 Å². The maximum atomic E-state index is 11.5. The zero-order chi connectivity index (χ0) is 10.1. The van der Waals surface area contributed by atoms with Crippen molar-refractivity contribution in [2.24, 2.45) is 7.05 Å². The highest BCUT2D eigenvalue weighted by atomic mass is 16.1. The Kier molecular flexibility index (Phi) is 2.12. The highest BCUT2D eigenvalue weighted by Crippen LogP contribution is 2.17. The van der Waals surface area contributed by atoms with E-state index in [2.05, 4.69) is 4.57 Å². The van der Waals surface area contributed by atoms with Crippen molar-refractivity contribution in [3.05, 3.63) is 36.0 Å². The molecule has 0 amide bonds. The molecule has 0 saturated carbocycles. The molecular weight excluding hydrogens is 174 g/mol. The van der Waals surface area contributed by atoms with Gasteiger partial charge in [0.1, 0.15) is 0 Å². The van der Waals surface area contributed by atoms with Gasteiger partial charge in [0.15, 0.2) is 5.78 Å². The maximum absolute atomic E-state index is 11.5. The van der Waals surface area contributed by atoms with Crippen LogP contribution < -0.4 is 0 Å². The molecule has 0 fully saturated rings. The van der Waals surface area contributed by atoms with Gasteiger partial charge in [0.25, 0.3) is 0 Å². The first kappa shape index (κ1) is 9.00. The van der Waals surface area contributed by atoms with E-state index in [1.54, 1.807) is 0 Å². The van der Waals surface area contributed by atoms with Gasteiger partial charge < -0.3 is 4.57 Å². The number of nitrogens with zero attached hydrogens (tertiary/aromatic N) is 1. The molecule has 0 aliphatic rings. The first-order valence-electron chi connectivity index (χ1n) is 4.80. The van der Waals surface area contributed by atoms with E-state index in [0.717, 1.165) is 16.5 Å². The molecule has 0 N–H and O–H groups in total. The summed E-state index contributed by atoms with van der Waals surface area (Å²) in [5, 5.41) is 1.13. The van der Waals surface area contributed by atoms with Gasteiger partial charge in [0, 0.05) is 36.1 Å². The lowest BCUT2D eigenvalue weighted by molar-refractivity contribution is 0.0988. The lowest BCUT2D eigenvalue weighted by atomic mass is 10.1. The van der Waals surface area contributed by atoms with E-state index in [0.29, 0.717) is 6.42 Å². The van der Waals surface area contributed by atoms with Gasteiger partial charge in [0.05, 0.1) is 0 Å². The Labute approximate surface area is 83.2 Å². The number of Topliss-reactive ketones (excluding diaryl/α,β-unsaturated/α-hetero) is 1. The zero-order valence-electron chi connectivity index (χ0n) is 8.45. The third-order valence-electron chi connectivity index (χ3n) is 2.53. The van der Waals surface area contributed by atoms with E-state index in [4.69, 9.17) is 0 Å². The van der Waals surface area contributed by atoms with Crippen LogP contribution >= 0.6 is 0 Å². The van der Waals surface area contributed by atoms with E-state index in [-0.39, 0.29) is 5.78 Å². The molecule has 1 aromatic carbocycles. The minimum absolute atomic E-state index is 0.204. The smallest absolute Gasteiger partial charge is 0.162 e. The van der Waals surface area contributed by atoms with Gasteiger partial charge >= 0.3 is 0 Å². The van der Waals surface area contributed by atoms with Gasteiger partial charge in [-0.05, 0) is 24.3 Å². The minimum atomic E-state index is 0.204. The number of hydrogen-bond donors (Lipinski definition) is 0. The number of carbonyl (C=O) groups is 1. The van der Waals surface area contributed by atoms with Crippen molar-refractivity contribution in [2.75, 3.05) is 0 Å². The number of rotatable bonds is 2. The monoisotopic (exact) mass is 187 g/mol. The van der Waals surface area contributed by atoms with E-state index < -0.39 is 0 Å². The van der Waals surface area contributed by atoms with Crippen LogP contribution in [0.2, 0.25) is 0 Å². The van der Waals surface area contributed by atoms with Crippen molar-refractivity contribution < 1.29 is 4.79 Å². The van der Waals surface area contributed by atoms with Crippen molar-refractivity contribution in [1.29, 1.82) is 0 Å². The Hall–Kier alpha value is -1.57. The summed E-state index contributed by atoms with van der Waals surface area (Å²) in [6.07, 6.45) is 2.57. The molecule has 0 saturated heterocycles. The SMILES string of the molecule is CCC(=O)c1ccc2c(ccn2C)c1. The number of benzene rings is 1. The largest absolute Gasteiger partial charge is 0.351 e. The molecule has 1 heterocycles. The van der Waals surface area contributed by atoms with Crippen LogP contribution in [0.4, 0.5) is 0 Å². The van der Waals surface area contributed by atoms with E-state index in [9.17, 15) is 4.79 Å². The third-order valence-corrected chi connectivity index (χ3v) is 2.53. The molecule has 0 atom stereocenters. The molecule has 0 spiro atoms. The molecular formula is C12H13NO. The molecule has 14 heavy (non-hydrogen) atoms. The first-order chi connectivity index (χ1) is 6.72. The molecule has 0 bridgehead atoms. The molecule has 0 radical (unpaired) electrons. The standard InChI is InChI=1S/C12H13NO/c1-3-12(14)10-4-5-11-9(8-10)6-7-13(11)2/h4-8H,3H2,1-2H3. The Bertz CT molecular complexity index is 482. The Balaban J connectivity index is 2.57. The van der Waals surface area contributed by atoms with Gasteiger partial charge in [0.2, 0.25) is 0 Å². The Morgan fingerprint density at radius 3 is 2.86 bits per heavy atom. The quantitative estimate of drug-likeness (QED) is 0.662. The zero-order valence-corrected chi connectivity index (χ0v) is 8.45. The van der Waals surface area contributed by atoms with Crippen LogP contribution in [0.3, 0.4) is 0 Å². The molecule has 2 heteroatoms. The molecule has 0 aliphatic heterocycles. The molecule has 0 unspecified atom stereocenters. The molecule has 1 aromatic heterocycles. The van der Waals surface area contributed by atoms with Crippen LogP contribution in [0.5, 0.6) is 0 Å². The summed E-state index contributed by atoms with van der Waals surface area (Å²) in [6, 6.07) is 7.88. The van der Waals surface area contributed by atoms with Gasteiger partial charge in [-0.1, -0.05) is 6.92 Å². The fraction of sp³-hybridized carbons (Fsp3) is 0.250. The summed E-state index contributed by atoms with van der Waals surface area (Å²) in [6.45, 7) is 1.89. The lowest BCUT2D eigenvalue weighted by Crippen LogP contribution is -1.95. The van der Waals surface area contributed by atoms with Crippen LogP contribution in [-0.2, 0) is 7.05 Å². The number of aromatic nitrogens is 1. The van der Waals surface area contributed by atoms with Crippen LogP contribution in [0, 0.1) is 0 Å². The number of carbonyl (C=O) groups excluding carboxylic acids is 1. The van der Waals surface area contributed by atoms with Crippen LogP contribution in [0.25, 0.3) is 10.9 Å². The topological polar surface area (TPSA) is 22.0 Å². The second-order valence-corrected chi connectivity index (χ2v) is 3.48. The summed E-state index contributed by atoms with van der Waals surface area (Å²) in [5.41, 5.74) is 1.98. The van der Waals surface area contributed by atoms with Crippen molar-refractivity contribution in [1.82, 2.24) is 4.57 Å². The van der Waals surface area contributed by atoms with Crippen molar-refractivity contribution in [3.8, 4) is 0 Å². The van der Waals surface area contributed by atoms with Gasteiger partial charge in [-0.3, -0.25) is 4.79 Å². The number of aryl methyl sites for hydroxylation is 1. The van der Waals surface area contributed by atoms with E-state index in [1.807, 2.05) is 44.4 Å². The summed E-state index contributed by atoms with van der Waals surface area (Å²) in [5.74, 6) is 0.204. The van der Waals surface area contributed by atoms with Crippen LogP contribution in [0.15, 0.2) is 30.5 Å². The minimum Gasteiger partial charge on any atom is -0.351 e. The third kappa shape index (κ3) is 1.33. The summed E-state index contributed by atoms with van der Waals surface area (Å²) in [4.78, 5) is 11.5. The first-order valence-corrected chi connectivity index (χ1v) is 4.80. The summed E-state index contributed by atoms with van der Waals surface area (Å²) < 4.78 is 2.05.